The average Bonchev–Trinajstić information content (AvgIpc) is 2.55. The minimum absolute atomic E-state index is 0.0142. The van der Waals surface area contributed by atoms with Crippen LogP contribution in [0.5, 0.6) is 0 Å². The van der Waals surface area contributed by atoms with Crippen molar-refractivity contribution in [2.75, 3.05) is 6.54 Å². The predicted octanol–water partition coefficient (Wildman–Crippen LogP) is 4.20. The first-order valence-corrected chi connectivity index (χ1v) is 9.91. The smallest absolute Gasteiger partial charge is 0.410 e. The number of carboxylic acids is 1. The third-order valence-electron chi connectivity index (χ3n) is 4.48. The summed E-state index contributed by atoms with van der Waals surface area (Å²) >= 11 is 0. The van der Waals surface area contributed by atoms with Gasteiger partial charge in [0.05, 0.1) is 5.92 Å². The van der Waals surface area contributed by atoms with E-state index in [0.29, 0.717) is 18.3 Å². The van der Waals surface area contributed by atoms with Crippen molar-refractivity contribution in [3.8, 4) is 0 Å². The molecule has 0 rings (SSSR count). The maximum atomic E-state index is 12.0. The minimum Gasteiger partial charge on any atom is -0.481 e. The number of rotatable bonds is 13. The van der Waals surface area contributed by atoms with E-state index in [0.717, 1.165) is 25.7 Å². The fourth-order valence-corrected chi connectivity index (χ4v) is 2.79. The number of aliphatic carboxylic acids is 1. The van der Waals surface area contributed by atoms with E-state index in [1.807, 2.05) is 0 Å². The molecule has 0 bridgehead atoms. The molecular formula is C20H37NO6. The van der Waals surface area contributed by atoms with Crippen LogP contribution in [0.15, 0.2) is 0 Å². The lowest BCUT2D eigenvalue weighted by Crippen LogP contribution is -2.38. The Morgan fingerprint density at radius 3 is 2.11 bits per heavy atom. The van der Waals surface area contributed by atoms with Gasteiger partial charge in [-0.25, -0.2) is 4.79 Å². The number of carbonyl (C=O) groups excluding carboxylic acids is 2. The number of hydrogen-bond donors (Lipinski definition) is 2. The molecule has 3 atom stereocenters. The molecule has 0 aliphatic rings. The third-order valence-corrected chi connectivity index (χ3v) is 4.48. The number of carbonyl (C=O) groups is 3. The second kappa shape index (κ2) is 13.4. The van der Waals surface area contributed by atoms with Gasteiger partial charge in [0.25, 0.3) is 6.29 Å². The number of ether oxygens (including phenoxy) is 2. The van der Waals surface area contributed by atoms with Gasteiger partial charge in [0, 0.05) is 19.4 Å². The first-order chi connectivity index (χ1) is 12.6. The second-order valence-electron chi connectivity index (χ2n) is 7.88. The highest BCUT2D eigenvalue weighted by molar-refractivity contribution is 5.72. The molecule has 0 fully saturated rings. The molecule has 0 saturated heterocycles. The van der Waals surface area contributed by atoms with E-state index in [2.05, 4.69) is 26.1 Å². The van der Waals surface area contributed by atoms with Crippen LogP contribution in [0.3, 0.4) is 0 Å². The Morgan fingerprint density at radius 2 is 1.67 bits per heavy atom. The van der Waals surface area contributed by atoms with Crippen molar-refractivity contribution < 1.29 is 29.0 Å². The van der Waals surface area contributed by atoms with Gasteiger partial charge in [-0.1, -0.05) is 60.3 Å². The Kier molecular flexibility index (Phi) is 12.5. The molecular weight excluding hydrogens is 350 g/mol. The summed E-state index contributed by atoms with van der Waals surface area (Å²) in [4.78, 5) is 34.6. The molecule has 0 heterocycles. The average molecular weight is 388 g/mol. The normalized spacial score (nSPS) is 14.5. The van der Waals surface area contributed by atoms with Crippen LogP contribution >= 0.6 is 0 Å². The first-order valence-electron chi connectivity index (χ1n) is 9.91. The van der Waals surface area contributed by atoms with Gasteiger partial charge in [0.2, 0.25) is 0 Å². The second-order valence-corrected chi connectivity index (χ2v) is 7.88. The standard InChI is InChI=1S/C20H37NO6/c1-7-16(10-8-9-13(2)3)11-17(18(23)24)12-21-20(25)27-19(14(4)5)26-15(6)22/h13-14,16-17,19H,7-12H2,1-6H3,(H,21,25)(H,23,24)/t16-,17-,19+/m0/s1. The van der Waals surface area contributed by atoms with Crippen LogP contribution in [0.25, 0.3) is 0 Å². The van der Waals surface area contributed by atoms with E-state index in [4.69, 9.17) is 9.47 Å². The fraction of sp³-hybridized carbons (Fsp3) is 0.850. The van der Waals surface area contributed by atoms with E-state index < -0.39 is 30.2 Å². The Bertz CT molecular complexity index is 463. The number of alkyl carbamates (subject to hydrolysis) is 1. The van der Waals surface area contributed by atoms with E-state index >= 15 is 0 Å². The number of nitrogens with one attached hydrogen (secondary N) is 1. The maximum absolute atomic E-state index is 12.0. The monoisotopic (exact) mass is 387 g/mol. The zero-order valence-corrected chi connectivity index (χ0v) is 17.6. The van der Waals surface area contributed by atoms with E-state index in [1.54, 1.807) is 13.8 Å². The largest absolute Gasteiger partial charge is 0.481 e. The molecule has 7 nitrogen and oxygen atoms in total. The van der Waals surface area contributed by atoms with Crippen LogP contribution in [0.2, 0.25) is 0 Å². The molecule has 0 saturated carbocycles. The number of carboxylic acid groups (broad SMARTS) is 1. The van der Waals surface area contributed by atoms with Crippen molar-refractivity contribution >= 4 is 18.0 Å². The van der Waals surface area contributed by atoms with Crippen molar-refractivity contribution in [2.24, 2.45) is 23.7 Å². The number of hydrogen-bond acceptors (Lipinski definition) is 5. The summed E-state index contributed by atoms with van der Waals surface area (Å²) in [6.07, 6.45) is 2.85. The third kappa shape index (κ3) is 12.3. The van der Waals surface area contributed by atoms with Gasteiger partial charge in [0.1, 0.15) is 0 Å². The highest BCUT2D eigenvalue weighted by Crippen LogP contribution is 2.23. The van der Waals surface area contributed by atoms with Crippen molar-refractivity contribution in [1.82, 2.24) is 5.32 Å². The molecule has 27 heavy (non-hydrogen) atoms. The maximum Gasteiger partial charge on any atom is 0.410 e. The molecule has 0 radical (unpaired) electrons. The van der Waals surface area contributed by atoms with Crippen LogP contribution in [0.4, 0.5) is 4.79 Å². The van der Waals surface area contributed by atoms with Crippen LogP contribution in [0.1, 0.15) is 73.6 Å². The molecule has 0 aliphatic carbocycles. The molecule has 0 spiro atoms. The summed E-state index contributed by atoms with van der Waals surface area (Å²) < 4.78 is 10.0. The minimum atomic E-state index is -0.995. The summed E-state index contributed by atoms with van der Waals surface area (Å²) in [6, 6.07) is 0. The number of esters is 1. The zero-order chi connectivity index (χ0) is 21.0. The van der Waals surface area contributed by atoms with Gasteiger partial charge >= 0.3 is 18.0 Å². The van der Waals surface area contributed by atoms with Gasteiger partial charge in [-0.15, -0.1) is 0 Å². The highest BCUT2D eigenvalue weighted by atomic mass is 16.7. The lowest BCUT2D eigenvalue weighted by Gasteiger charge is -2.23. The van der Waals surface area contributed by atoms with Crippen molar-refractivity contribution in [3.05, 3.63) is 0 Å². The van der Waals surface area contributed by atoms with Gasteiger partial charge in [-0.3, -0.25) is 9.59 Å². The molecule has 2 N–H and O–H groups in total. The lowest BCUT2D eigenvalue weighted by molar-refractivity contribution is -0.172. The van der Waals surface area contributed by atoms with Gasteiger partial charge < -0.3 is 19.9 Å². The molecule has 0 unspecified atom stereocenters. The summed E-state index contributed by atoms with van der Waals surface area (Å²) in [5.74, 6) is -1.41. The van der Waals surface area contributed by atoms with Crippen LogP contribution < -0.4 is 5.32 Å². The Labute approximate surface area is 163 Å². The van der Waals surface area contributed by atoms with Gasteiger partial charge in [-0.2, -0.15) is 0 Å². The molecule has 0 aromatic heterocycles. The van der Waals surface area contributed by atoms with E-state index in [-0.39, 0.29) is 12.5 Å². The topological polar surface area (TPSA) is 102 Å². The molecule has 1 amide bonds. The lowest BCUT2D eigenvalue weighted by atomic mass is 9.87. The number of amides is 1. The van der Waals surface area contributed by atoms with Crippen molar-refractivity contribution in [1.29, 1.82) is 0 Å². The van der Waals surface area contributed by atoms with Gasteiger partial charge in [0.15, 0.2) is 0 Å². The van der Waals surface area contributed by atoms with Crippen LogP contribution in [0, 0.1) is 23.7 Å². The Balaban J connectivity index is 4.57. The fourth-order valence-electron chi connectivity index (χ4n) is 2.79. The predicted molar refractivity (Wildman–Crippen MR) is 103 cm³/mol. The van der Waals surface area contributed by atoms with Crippen LogP contribution in [-0.4, -0.2) is 36.0 Å². The summed E-state index contributed by atoms with van der Waals surface area (Å²) in [5.41, 5.74) is 0. The summed E-state index contributed by atoms with van der Waals surface area (Å²) in [6.45, 7) is 11.1. The Morgan fingerprint density at radius 1 is 1.04 bits per heavy atom. The molecule has 7 heteroatoms. The van der Waals surface area contributed by atoms with Crippen molar-refractivity contribution in [3.63, 3.8) is 0 Å². The van der Waals surface area contributed by atoms with Gasteiger partial charge in [-0.05, 0) is 18.3 Å². The van der Waals surface area contributed by atoms with E-state index in [1.165, 1.54) is 6.92 Å². The summed E-state index contributed by atoms with van der Waals surface area (Å²) in [5, 5.41) is 12.0. The molecule has 0 aliphatic heterocycles. The molecule has 158 valence electrons. The zero-order valence-electron chi connectivity index (χ0n) is 17.6. The quantitative estimate of drug-likeness (QED) is 0.363. The van der Waals surface area contributed by atoms with Crippen LogP contribution in [-0.2, 0) is 19.1 Å². The SMILES string of the molecule is CC[C@@H](CCCC(C)C)C[C@@H](CNC(=O)O[C@@H](OC(C)=O)C(C)C)C(=O)O. The molecule has 0 aromatic carbocycles. The summed E-state index contributed by atoms with van der Waals surface area (Å²) in [7, 11) is 0. The molecule has 0 aromatic rings. The Hall–Kier alpha value is -1.79. The highest BCUT2D eigenvalue weighted by Gasteiger charge is 2.25. The first kappa shape index (κ1) is 25.2. The van der Waals surface area contributed by atoms with E-state index in [9.17, 15) is 19.5 Å². The van der Waals surface area contributed by atoms with Crippen molar-refractivity contribution in [2.45, 2.75) is 79.9 Å².